The lowest BCUT2D eigenvalue weighted by atomic mass is 10.6. The highest BCUT2D eigenvalue weighted by atomic mass is 35.5. The first-order valence-electron chi connectivity index (χ1n) is 4.12. The van der Waals surface area contributed by atoms with Gasteiger partial charge in [-0.2, -0.15) is 9.80 Å². The number of rotatable bonds is 2. The standard InChI is InChI=1S/C6HClF12N2/c7-2(21(5(14,15)16)6(17,18)19)1-20(3(8,9)10)4(11,12)13/h1H. The van der Waals surface area contributed by atoms with E-state index in [2.05, 4.69) is 11.6 Å². The molecule has 0 aliphatic carbocycles. The largest absolute Gasteiger partial charge is 0.492 e. The molecular weight excluding hydrogens is 364 g/mol. The molecule has 0 saturated heterocycles. The molecule has 21 heavy (non-hydrogen) atoms. The van der Waals surface area contributed by atoms with Crippen molar-refractivity contribution in [2.45, 2.75) is 25.2 Å². The van der Waals surface area contributed by atoms with Gasteiger partial charge in [-0.3, -0.25) is 0 Å². The van der Waals surface area contributed by atoms with Gasteiger partial charge in [-0.15, -0.1) is 52.7 Å². The molecule has 0 N–H and O–H groups in total. The molecule has 0 saturated carbocycles. The third-order valence-corrected chi connectivity index (χ3v) is 1.77. The summed E-state index contributed by atoms with van der Waals surface area (Å²) >= 11 is 4.33. The van der Waals surface area contributed by atoms with Crippen molar-refractivity contribution in [2.24, 2.45) is 0 Å². The van der Waals surface area contributed by atoms with Crippen LogP contribution >= 0.6 is 11.6 Å². The lowest BCUT2D eigenvalue weighted by molar-refractivity contribution is -0.365. The number of alkyl halides is 12. The fraction of sp³-hybridized carbons (Fsp3) is 0.667. The summed E-state index contributed by atoms with van der Waals surface area (Å²) in [5, 5.41) is -2.90. The number of hydrogen-bond acceptors (Lipinski definition) is 2. The maximum absolute atomic E-state index is 12.0. The van der Waals surface area contributed by atoms with Crippen LogP contribution in [0.1, 0.15) is 0 Å². The average Bonchev–Trinajstić information content (AvgIpc) is 2.04. The topological polar surface area (TPSA) is 6.48 Å². The van der Waals surface area contributed by atoms with E-state index in [1.165, 1.54) is 0 Å². The maximum atomic E-state index is 12.0. The van der Waals surface area contributed by atoms with Gasteiger partial charge >= 0.3 is 25.2 Å². The summed E-state index contributed by atoms with van der Waals surface area (Å²) in [7, 11) is 0. The average molecular weight is 365 g/mol. The number of hydrogen-bond donors (Lipinski definition) is 0. The summed E-state index contributed by atoms with van der Waals surface area (Å²) in [5.74, 6) is 0. The summed E-state index contributed by atoms with van der Waals surface area (Å²) in [6.45, 7) is 0. The lowest BCUT2D eigenvalue weighted by Crippen LogP contribution is -2.49. The van der Waals surface area contributed by atoms with Crippen molar-refractivity contribution in [2.75, 3.05) is 0 Å². The van der Waals surface area contributed by atoms with E-state index in [1.54, 1.807) is 0 Å². The molecule has 0 aromatic rings. The second-order valence-electron chi connectivity index (χ2n) is 3.03. The first-order chi connectivity index (χ1) is 8.88. The molecule has 2 nitrogen and oxygen atoms in total. The molecule has 0 atom stereocenters. The van der Waals surface area contributed by atoms with Crippen LogP contribution in [0.15, 0.2) is 11.4 Å². The molecule has 0 heterocycles. The van der Waals surface area contributed by atoms with Gasteiger partial charge in [0.05, 0.1) is 6.20 Å². The summed E-state index contributed by atoms with van der Waals surface area (Å²) < 4.78 is 144. The van der Waals surface area contributed by atoms with Crippen molar-refractivity contribution in [1.29, 1.82) is 0 Å². The number of nitrogens with zero attached hydrogens (tertiary/aromatic N) is 2. The molecule has 0 rings (SSSR count). The Balaban J connectivity index is 5.87. The molecule has 0 unspecified atom stereocenters. The quantitative estimate of drug-likeness (QED) is 0.517. The van der Waals surface area contributed by atoms with E-state index in [-0.39, 0.29) is 0 Å². The third-order valence-electron chi connectivity index (χ3n) is 1.50. The minimum absolute atomic E-state index is 1.58. The van der Waals surface area contributed by atoms with Gasteiger partial charge in [0.1, 0.15) is 5.16 Å². The van der Waals surface area contributed by atoms with Crippen LogP contribution in [-0.2, 0) is 0 Å². The van der Waals surface area contributed by atoms with Crippen LogP contribution in [0.5, 0.6) is 0 Å². The van der Waals surface area contributed by atoms with Crippen LogP contribution in [0.3, 0.4) is 0 Å². The molecule has 0 aromatic heterocycles. The minimum Gasteiger partial charge on any atom is -0.197 e. The zero-order valence-corrected chi connectivity index (χ0v) is 9.64. The van der Waals surface area contributed by atoms with Crippen LogP contribution in [-0.4, -0.2) is 35.0 Å². The van der Waals surface area contributed by atoms with E-state index in [0.29, 0.717) is 0 Å². The molecule has 126 valence electrons. The highest BCUT2D eigenvalue weighted by molar-refractivity contribution is 6.29. The van der Waals surface area contributed by atoms with Gasteiger partial charge < -0.3 is 0 Å². The maximum Gasteiger partial charge on any atom is 0.492 e. The second kappa shape index (κ2) is 5.53. The summed E-state index contributed by atoms with van der Waals surface area (Å²) in [6, 6.07) is 0. The van der Waals surface area contributed by atoms with Crippen LogP contribution in [0.25, 0.3) is 0 Å². The fourth-order valence-electron chi connectivity index (χ4n) is 0.840. The highest BCUT2D eigenvalue weighted by Crippen LogP contribution is 2.41. The van der Waals surface area contributed by atoms with Crippen LogP contribution in [0, 0.1) is 0 Å². The first kappa shape index (κ1) is 19.8. The van der Waals surface area contributed by atoms with Gasteiger partial charge in [0.25, 0.3) is 0 Å². The zero-order chi connectivity index (χ0) is 17.4. The predicted octanol–water partition coefficient (Wildman–Crippen LogP) is 4.71. The van der Waals surface area contributed by atoms with Gasteiger partial charge in [-0.05, 0) is 0 Å². The Morgan fingerprint density at radius 3 is 1.10 bits per heavy atom. The van der Waals surface area contributed by atoms with E-state index in [4.69, 9.17) is 0 Å². The van der Waals surface area contributed by atoms with Gasteiger partial charge in [0.15, 0.2) is 0 Å². The van der Waals surface area contributed by atoms with Crippen molar-refractivity contribution >= 4 is 11.6 Å². The molecule has 0 fully saturated rings. The van der Waals surface area contributed by atoms with Gasteiger partial charge in [0, 0.05) is 0 Å². The molecular formula is C6HClF12N2. The van der Waals surface area contributed by atoms with E-state index in [0.717, 1.165) is 0 Å². The molecule has 0 radical (unpaired) electrons. The molecule has 15 heteroatoms. The van der Waals surface area contributed by atoms with E-state index < -0.39 is 46.4 Å². The summed E-state index contributed by atoms with van der Waals surface area (Å²) in [5.41, 5.74) is 0. The first-order valence-corrected chi connectivity index (χ1v) is 4.50. The smallest absolute Gasteiger partial charge is 0.197 e. The Hall–Kier alpha value is -1.21. The third kappa shape index (κ3) is 5.59. The molecule has 0 aliphatic rings. The molecule has 0 bridgehead atoms. The van der Waals surface area contributed by atoms with Crippen LogP contribution < -0.4 is 0 Å². The molecule has 0 aliphatic heterocycles. The van der Waals surface area contributed by atoms with E-state index in [1.807, 2.05) is 0 Å². The highest BCUT2D eigenvalue weighted by Gasteiger charge is 2.57. The minimum atomic E-state index is -6.39. The van der Waals surface area contributed by atoms with Crippen molar-refractivity contribution in [3.63, 3.8) is 0 Å². The lowest BCUT2D eigenvalue weighted by Gasteiger charge is -2.30. The predicted molar refractivity (Wildman–Crippen MR) is 41.8 cm³/mol. The van der Waals surface area contributed by atoms with Crippen molar-refractivity contribution in [1.82, 2.24) is 9.80 Å². The molecule has 0 amide bonds. The summed E-state index contributed by atoms with van der Waals surface area (Å²) in [4.78, 5) is -5.38. The van der Waals surface area contributed by atoms with Crippen LogP contribution in [0.2, 0.25) is 0 Å². The molecule has 0 spiro atoms. The number of halogens is 13. The summed E-state index contributed by atoms with van der Waals surface area (Å²) in [6.07, 6.45) is -27.1. The van der Waals surface area contributed by atoms with Crippen LogP contribution in [0.4, 0.5) is 52.7 Å². The Morgan fingerprint density at radius 1 is 0.619 bits per heavy atom. The zero-order valence-electron chi connectivity index (χ0n) is 8.89. The monoisotopic (exact) mass is 364 g/mol. The van der Waals surface area contributed by atoms with Gasteiger partial charge in [-0.25, -0.2) is 0 Å². The van der Waals surface area contributed by atoms with Crippen molar-refractivity contribution < 1.29 is 52.7 Å². The fourth-order valence-corrected chi connectivity index (χ4v) is 1.13. The molecule has 0 aromatic carbocycles. The van der Waals surface area contributed by atoms with E-state index in [9.17, 15) is 52.7 Å². The normalized spacial score (nSPS) is 15.2. The Morgan fingerprint density at radius 2 is 0.905 bits per heavy atom. The SMILES string of the molecule is FC(F)(F)N(C=C(Cl)N(C(F)(F)F)C(F)(F)F)C(F)(F)F. The Kier molecular flexibility index (Phi) is 5.21. The Labute approximate surface area is 112 Å². The van der Waals surface area contributed by atoms with E-state index >= 15 is 0 Å². The van der Waals surface area contributed by atoms with Gasteiger partial charge in [-0.1, -0.05) is 11.6 Å². The van der Waals surface area contributed by atoms with Crippen molar-refractivity contribution in [3.8, 4) is 0 Å². The van der Waals surface area contributed by atoms with Gasteiger partial charge in [0.2, 0.25) is 0 Å². The second-order valence-corrected chi connectivity index (χ2v) is 3.42. The Bertz CT molecular complexity index is 359. The van der Waals surface area contributed by atoms with Crippen molar-refractivity contribution in [3.05, 3.63) is 11.4 Å².